The van der Waals surface area contributed by atoms with Crippen molar-refractivity contribution in [1.29, 1.82) is 0 Å². The molecule has 0 fully saturated rings. The number of phenolic OH excluding ortho intramolecular Hbond substituents is 1. The molecule has 3 aromatic rings. The van der Waals surface area contributed by atoms with E-state index in [1.807, 2.05) is 36.4 Å². The Morgan fingerprint density at radius 1 is 0.860 bits per heavy atom. The second-order valence-electron chi connectivity index (χ2n) is 12.5. The van der Waals surface area contributed by atoms with Gasteiger partial charge in [0.1, 0.15) is 22.5 Å². The molecule has 0 unspecified atom stereocenters. The van der Waals surface area contributed by atoms with Crippen molar-refractivity contribution < 1.29 is 14.6 Å². The monoisotopic (exact) mass is 587 g/mol. The van der Waals surface area contributed by atoms with E-state index in [1.165, 1.54) is 49.7 Å². The molecule has 0 atom stereocenters. The number of aromatic hydroxyl groups is 1. The van der Waals surface area contributed by atoms with Crippen LogP contribution in [0.5, 0.6) is 5.75 Å². The number of phenols is 1. The molecule has 0 aliphatic rings. The van der Waals surface area contributed by atoms with E-state index in [0.717, 1.165) is 60.7 Å². The van der Waals surface area contributed by atoms with Crippen LogP contribution < -0.4 is 0 Å². The molecule has 1 aromatic heterocycles. The highest BCUT2D eigenvalue weighted by Crippen LogP contribution is 2.36. The fraction of sp³-hybridized carbons (Fsp3) is 0.541. The molecule has 0 aliphatic carbocycles. The minimum Gasteiger partial charge on any atom is -0.505 e. The predicted molar refractivity (Wildman–Crippen MR) is 178 cm³/mol. The number of hydrogen-bond acceptors (Lipinski definition) is 5. The minimum absolute atomic E-state index is 0.111. The van der Waals surface area contributed by atoms with Crippen molar-refractivity contribution in [2.75, 3.05) is 6.61 Å². The highest BCUT2D eigenvalue weighted by molar-refractivity contribution is 5.74. The Balaban J connectivity index is 1.33. The Morgan fingerprint density at radius 3 is 2.14 bits per heavy atom. The van der Waals surface area contributed by atoms with Crippen LogP contribution in [0.2, 0.25) is 0 Å². The summed E-state index contributed by atoms with van der Waals surface area (Å²) in [6.45, 7) is 8.88. The van der Waals surface area contributed by atoms with Crippen LogP contribution in [0.25, 0.3) is 16.7 Å². The molecule has 0 bridgehead atoms. The fourth-order valence-electron chi connectivity index (χ4n) is 5.13. The average Bonchev–Trinajstić information content (AvgIpc) is 3.41. The standard InChI is InChI=1S/C37H53N3O3/c1-5-6-7-8-9-10-11-12-13-14-15-16-17-18-19-26-35(41)43-27-22-23-30-28-31(37(2,3)4)36(42)34(29-30)40-38-32-24-20-21-25-33(32)39-40/h9-10,12-13,20-21,24-25,28-29,42H,5-8,11,14-19,22-23,26-27H2,1-4H3/b10-9-,13-12-. The van der Waals surface area contributed by atoms with Crippen molar-refractivity contribution in [3.8, 4) is 11.4 Å². The molecule has 0 saturated carbocycles. The summed E-state index contributed by atoms with van der Waals surface area (Å²) in [5.74, 6) is 0.0836. The van der Waals surface area contributed by atoms with Crippen LogP contribution >= 0.6 is 0 Å². The van der Waals surface area contributed by atoms with Crippen molar-refractivity contribution in [3.05, 3.63) is 71.8 Å². The Labute approximate surface area is 259 Å². The van der Waals surface area contributed by atoms with Gasteiger partial charge in [-0.15, -0.1) is 15.0 Å². The number of aromatic nitrogens is 3. The van der Waals surface area contributed by atoms with Crippen LogP contribution in [0.15, 0.2) is 60.7 Å². The summed E-state index contributed by atoms with van der Waals surface area (Å²) in [5.41, 5.74) is 3.77. The van der Waals surface area contributed by atoms with Gasteiger partial charge in [0, 0.05) is 12.0 Å². The first-order valence-electron chi connectivity index (χ1n) is 16.4. The second kappa shape index (κ2) is 18.3. The third-order valence-corrected chi connectivity index (χ3v) is 7.66. The van der Waals surface area contributed by atoms with Gasteiger partial charge in [0.05, 0.1) is 6.61 Å². The van der Waals surface area contributed by atoms with Gasteiger partial charge in [-0.1, -0.05) is 102 Å². The molecule has 0 spiro atoms. The number of unbranched alkanes of at least 4 members (excludes halogenated alkanes) is 8. The zero-order valence-corrected chi connectivity index (χ0v) is 27.0. The van der Waals surface area contributed by atoms with Gasteiger partial charge in [0.15, 0.2) is 0 Å². The summed E-state index contributed by atoms with van der Waals surface area (Å²) in [7, 11) is 0. The molecule has 0 amide bonds. The number of rotatable bonds is 19. The number of nitrogens with zero attached hydrogens (tertiary/aromatic N) is 3. The van der Waals surface area contributed by atoms with Gasteiger partial charge in [0.25, 0.3) is 0 Å². The summed E-state index contributed by atoms with van der Waals surface area (Å²) in [4.78, 5) is 13.8. The topological polar surface area (TPSA) is 77.2 Å². The van der Waals surface area contributed by atoms with E-state index < -0.39 is 0 Å². The first-order valence-corrected chi connectivity index (χ1v) is 16.4. The Kier molecular flexibility index (Phi) is 14.5. The highest BCUT2D eigenvalue weighted by atomic mass is 16.5. The first kappa shape index (κ1) is 34.1. The van der Waals surface area contributed by atoms with E-state index in [4.69, 9.17) is 4.74 Å². The zero-order chi connectivity index (χ0) is 30.9. The zero-order valence-electron chi connectivity index (χ0n) is 27.0. The number of fused-ring (bicyclic) bond motifs is 1. The lowest BCUT2D eigenvalue weighted by molar-refractivity contribution is -0.143. The van der Waals surface area contributed by atoms with Crippen LogP contribution in [-0.2, 0) is 21.4 Å². The highest BCUT2D eigenvalue weighted by Gasteiger charge is 2.23. The number of benzene rings is 2. The van der Waals surface area contributed by atoms with Gasteiger partial charge in [-0.3, -0.25) is 4.79 Å². The number of carbonyl (C=O) groups is 1. The van der Waals surface area contributed by atoms with E-state index >= 15 is 0 Å². The maximum absolute atomic E-state index is 12.3. The molecule has 0 radical (unpaired) electrons. The van der Waals surface area contributed by atoms with Crippen LogP contribution in [0, 0.1) is 0 Å². The average molecular weight is 588 g/mol. The number of ether oxygens (including phenoxy) is 1. The third-order valence-electron chi connectivity index (χ3n) is 7.66. The molecule has 1 heterocycles. The molecule has 1 N–H and O–H groups in total. The summed E-state index contributed by atoms with van der Waals surface area (Å²) in [5, 5.41) is 20.3. The quantitative estimate of drug-likeness (QED) is 0.0858. The third kappa shape index (κ3) is 12.0. The van der Waals surface area contributed by atoms with Crippen molar-refractivity contribution >= 4 is 17.0 Å². The number of esters is 1. The van der Waals surface area contributed by atoms with Gasteiger partial charge < -0.3 is 9.84 Å². The maximum Gasteiger partial charge on any atom is 0.305 e. The largest absolute Gasteiger partial charge is 0.505 e. The summed E-state index contributed by atoms with van der Waals surface area (Å²) < 4.78 is 5.53. The van der Waals surface area contributed by atoms with Crippen LogP contribution in [0.4, 0.5) is 0 Å². The van der Waals surface area contributed by atoms with E-state index in [-0.39, 0.29) is 17.1 Å². The maximum atomic E-state index is 12.3. The van der Waals surface area contributed by atoms with Crippen LogP contribution in [0.1, 0.15) is 122 Å². The minimum atomic E-state index is -0.255. The lowest BCUT2D eigenvalue weighted by atomic mass is 9.84. The van der Waals surface area contributed by atoms with Gasteiger partial charge in [-0.05, 0) is 80.5 Å². The summed E-state index contributed by atoms with van der Waals surface area (Å²) in [6, 6.07) is 11.7. The SMILES string of the molecule is CCCCC/C=C\C/C=C\CCCCCCCC(=O)OCCCc1cc(-n2nc3ccccc3n2)c(O)c(C(C)(C)C)c1. The fourth-order valence-corrected chi connectivity index (χ4v) is 5.13. The molecule has 234 valence electrons. The van der Waals surface area contributed by atoms with E-state index in [2.05, 4.69) is 62.2 Å². The van der Waals surface area contributed by atoms with Crippen LogP contribution in [0.3, 0.4) is 0 Å². The van der Waals surface area contributed by atoms with Crippen molar-refractivity contribution in [2.45, 2.75) is 123 Å². The van der Waals surface area contributed by atoms with Gasteiger partial charge in [0.2, 0.25) is 0 Å². The molecular weight excluding hydrogens is 534 g/mol. The van der Waals surface area contributed by atoms with E-state index in [1.54, 1.807) is 0 Å². The number of allylic oxidation sites excluding steroid dienone is 4. The first-order chi connectivity index (χ1) is 20.8. The lowest BCUT2D eigenvalue weighted by Crippen LogP contribution is -2.14. The molecule has 6 heteroatoms. The van der Waals surface area contributed by atoms with Crippen molar-refractivity contribution in [1.82, 2.24) is 15.0 Å². The van der Waals surface area contributed by atoms with Gasteiger partial charge in [-0.2, -0.15) is 0 Å². The van der Waals surface area contributed by atoms with E-state index in [9.17, 15) is 9.90 Å². The van der Waals surface area contributed by atoms with Gasteiger partial charge in [-0.25, -0.2) is 0 Å². The van der Waals surface area contributed by atoms with Gasteiger partial charge >= 0.3 is 5.97 Å². The molecule has 6 nitrogen and oxygen atoms in total. The molecule has 43 heavy (non-hydrogen) atoms. The Hall–Kier alpha value is -3.41. The van der Waals surface area contributed by atoms with E-state index in [0.29, 0.717) is 18.7 Å². The molecule has 2 aromatic carbocycles. The Morgan fingerprint density at radius 2 is 1.49 bits per heavy atom. The summed E-state index contributed by atoms with van der Waals surface area (Å²) >= 11 is 0. The second-order valence-corrected chi connectivity index (χ2v) is 12.5. The summed E-state index contributed by atoms with van der Waals surface area (Å²) in [6.07, 6.45) is 23.9. The molecule has 3 rings (SSSR count). The predicted octanol–water partition coefficient (Wildman–Crippen LogP) is 9.71. The number of hydrogen-bond donors (Lipinski definition) is 1. The smallest absolute Gasteiger partial charge is 0.305 e. The lowest BCUT2D eigenvalue weighted by Gasteiger charge is -2.23. The van der Waals surface area contributed by atoms with Crippen LogP contribution in [-0.4, -0.2) is 32.7 Å². The number of aryl methyl sites for hydroxylation is 1. The molecule has 0 saturated heterocycles. The Bertz CT molecular complexity index is 1280. The normalized spacial score (nSPS) is 12.2. The number of carbonyl (C=O) groups excluding carboxylic acids is 1. The van der Waals surface area contributed by atoms with Crippen molar-refractivity contribution in [2.24, 2.45) is 0 Å². The molecule has 0 aliphatic heterocycles. The molecular formula is C37H53N3O3. The van der Waals surface area contributed by atoms with Crippen molar-refractivity contribution in [3.63, 3.8) is 0 Å².